The molecule has 2 aromatic carbocycles. The van der Waals surface area contributed by atoms with Crippen molar-refractivity contribution in [3.63, 3.8) is 0 Å². The minimum absolute atomic E-state index is 0.0693. The lowest BCUT2D eigenvalue weighted by molar-refractivity contribution is -0.145. The van der Waals surface area contributed by atoms with Gasteiger partial charge in [-0.1, -0.05) is 29.8 Å². The molecule has 1 atom stereocenters. The lowest BCUT2D eigenvalue weighted by Gasteiger charge is -2.23. The summed E-state index contributed by atoms with van der Waals surface area (Å²) in [5.41, 5.74) is 2.12. The Balaban J connectivity index is 1.59. The molecule has 2 aromatic rings. The number of carboxylic acids is 1. The maximum Gasteiger partial charge on any atom is 0.411 e. The van der Waals surface area contributed by atoms with Gasteiger partial charge >= 0.3 is 12.1 Å². The summed E-state index contributed by atoms with van der Waals surface area (Å²) in [6, 6.07) is 12.2. The highest BCUT2D eigenvalue weighted by Gasteiger charge is 2.25. The fourth-order valence-electron chi connectivity index (χ4n) is 2.55. The Kier molecular flexibility index (Phi) is 5.09. The van der Waals surface area contributed by atoms with E-state index in [0.717, 1.165) is 11.1 Å². The van der Waals surface area contributed by atoms with Gasteiger partial charge in [-0.15, -0.1) is 0 Å². The summed E-state index contributed by atoms with van der Waals surface area (Å²) in [5.74, 6) is -0.454. The number of carbonyl (C=O) groups is 2. The molecule has 6 nitrogen and oxygen atoms in total. The Morgan fingerprint density at radius 2 is 2.08 bits per heavy atom. The Bertz CT molecular complexity index is 808. The maximum atomic E-state index is 11.9. The second-order valence-corrected chi connectivity index (χ2v) is 6.01. The smallest absolute Gasteiger partial charge is 0.411 e. The monoisotopic (exact) mass is 361 g/mol. The van der Waals surface area contributed by atoms with E-state index in [-0.39, 0.29) is 6.61 Å². The fraction of sp³-hybridized carbons (Fsp3) is 0.222. The molecule has 0 spiro atoms. The molecule has 0 radical (unpaired) electrons. The van der Waals surface area contributed by atoms with Crippen LogP contribution in [-0.2, 0) is 22.6 Å². The van der Waals surface area contributed by atoms with Gasteiger partial charge in [0.1, 0.15) is 12.4 Å². The van der Waals surface area contributed by atoms with Crippen molar-refractivity contribution in [2.24, 2.45) is 0 Å². The lowest BCUT2D eigenvalue weighted by atomic mass is 10.0. The number of amides is 1. The Hall–Kier alpha value is -2.73. The van der Waals surface area contributed by atoms with Crippen LogP contribution in [0.5, 0.6) is 5.75 Å². The quantitative estimate of drug-likeness (QED) is 0.863. The molecule has 0 saturated carbocycles. The molecule has 3 rings (SSSR count). The molecular weight excluding hydrogens is 346 g/mol. The zero-order valence-corrected chi connectivity index (χ0v) is 14.0. The number of halogens is 1. The van der Waals surface area contributed by atoms with E-state index in [1.54, 1.807) is 36.4 Å². The zero-order chi connectivity index (χ0) is 17.8. The third-order valence-corrected chi connectivity index (χ3v) is 4.21. The van der Waals surface area contributed by atoms with Crippen molar-refractivity contribution in [2.45, 2.75) is 25.6 Å². The summed E-state index contributed by atoms with van der Waals surface area (Å²) in [7, 11) is 0. The van der Waals surface area contributed by atoms with Crippen molar-refractivity contribution < 1.29 is 24.2 Å². The van der Waals surface area contributed by atoms with Crippen LogP contribution < -0.4 is 10.1 Å². The second kappa shape index (κ2) is 7.44. The van der Waals surface area contributed by atoms with Crippen LogP contribution in [0.4, 0.5) is 10.5 Å². The van der Waals surface area contributed by atoms with Crippen LogP contribution in [-0.4, -0.2) is 23.3 Å². The first-order valence-electron chi connectivity index (χ1n) is 7.72. The predicted octanol–water partition coefficient (Wildman–Crippen LogP) is 3.87. The largest absolute Gasteiger partial charge is 0.479 e. The van der Waals surface area contributed by atoms with E-state index in [0.29, 0.717) is 29.3 Å². The first-order chi connectivity index (χ1) is 12.0. The van der Waals surface area contributed by atoms with Gasteiger partial charge in [0.2, 0.25) is 0 Å². The van der Waals surface area contributed by atoms with Crippen LogP contribution >= 0.6 is 11.6 Å². The highest BCUT2D eigenvalue weighted by atomic mass is 35.5. The molecule has 0 fully saturated rings. The molecular formula is C18H16ClNO5. The summed E-state index contributed by atoms with van der Waals surface area (Å²) < 4.78 is 10.6. The van der Waals surface area contributed by atoms with Crippen LogP contribution in [0, 0.1) is 0 Å². The number of hydrogen-bond donors (Lipinski definition) is 2. The summed E-state index contributed by atoms with van der Waals surface area (Å²) in [5, 5.41) is 12.2. The number of aryl methyl sites for hydroxylation is 1. The average Bonchev–Trinajstić information content (AvgIpc) is 2.60. The third kappa shape index (κ3) is 4.22. The normalized spacial score (nSPS) is 15.6. The molecule has 130 valence electrons. The number of carboxylic acid groups (broad SMARTS) is 1. The van der Waals surface area contributed by atoms with E-state index in [9.17, 15) is 9.59 Å². The number of hydrogen-bond acceptors (Lipinski definition) is 4. The van der Waals surface area contributed by atoms with Crippen LogP contribution in [0.2, 0.25) is 5.02 Å². The molecule has 2 N–H and O–H groups in total. The summed E-state index contributed by atoms with van der Waals surface area (Å²) in [6.45, 7) is 0.0693. The number of ether oxygens (including phenoxy) is 2. The molecule has 1 unspecified atom stereocenters. The van der Waals surface area contributed by atoms with Crippen LogP contribution in [0.25, 0.3) is 0 Å². The molecule has 1 amide bonds. The molecule has 1 aliphatic heterocycles. The Morgan fingerprint density at radius 1 is 1.28 bits per heavy atom. The van der Waals surface area contributed by atoms with E-state index >= 15 is 0 Å². The highest BCUT2D eigenvalue weighted by Crippen LogP contribution is 2.30. The van der Waals surface area contributed by atoms with Gasteiger partial charge in [-0.25, -0.2) is 9.59 Å². The summed E-state index contributed by atoms with van der Waals surface area (Å²) in [6.07, 6.45) is -0.467. The number of anilines is 1. The van der Waals surface area contributed by atoms with Crippen molar-refractivity contribution in [1.29, 1.82) is 0 Å². The lowest BCUT2D eigenvalue weighted by Crippen LogP contribution is -2.30. The molecule has 7 heteroatoms. The van der Waals surface area contributed by atoms with Gasteiger partial charge < -0.3 is 14.6 Å². The predicted molar refractivity (Wildman–Crippen MR) is 92.1 cm³/mol. The van der Waals surface area contributed by atoms with E-state index in [2.05, 4.69) is 5.32 Å². The SMILES string of the molecule is O=C(Nc1ccc2c(c1)CCC(C(=O)O)O2)OCc1ccccc1Cl. The molecule has 1 heterocycles. The van der Waals surface area contributed by atoms with Crippen molar-refractivity contribution in [2.75, 3.05) is 5.32 Å². The zero-order valence-electron chi connectivity index (χ0n) is 13.2. The molecule has 25 heavy (non-hydrogen) atoms. The number of carbonyl (C=O) groups excluding carboxylic acids is 1. The standard InChI is InChI=1S/C18H16ClNO5/c19-14-4-2-1-3-12(14)10-24-18(23)20-13-6-8-15-11(9-13)5-7-16(25-15)17(21)22/h1-4,6,8-9,16H,5,7,10H2,(H,20,23)(H,21,22). The van der Waals surface area contributed by atoms with Gasteiger partial charge in [-0.3, -0.25) is 5.32 Å². The van der Waals surface area contributed by atoms with Crippen molar-refractivity contribution in [3.8, 4) is 5.75 Å². The first kappa shape index (κ1) is 17.1. The minimum atomic E-state index is -0.976. The highest BCUT2D eigenvalue weighted by molar-refractivity contribution is 6.31. The number of aliphatic carboxylic acids is 1. The molecule has 0 saturated heterocycles. The van der Waals surface area contributed by atoms with Gasteiger partial charge in [0.05, 0.1) is 0 Å². The van der Waals surface area contributed by atoms with Gasteiger partial charge in [-0.05, 0) is 42.7 Å². The van der Waals surface area contributed by atoms with Crippen molar-refractivity contribution >= 4 is 29.4 Å². The number of rotatable bonds is 4. The van der Waals surface area contributed by atoms with Gasteiger partial charge in [-0.2, -0.15) is 0 Å². The molecule has 1 aliphatic rings. The van der Waals surface area contributed by atoms with Gasteiger partial charge in [0.25, 0.3) is 0 Å². The number of fused-ring (bicyclic) bond motifs is 1. The molecule has 0 aromatic heterocycles. The minimum Gasteiger partial charge on any atom is -0.479 e. The second-order valence-electron chi connectivity index (χ2n) is 5.60. The van der Waals surface area contributed by atoms with E-state index in [4.69, 9.17) is 26.2 Å². The van der Waals surface area contributed by atoms with Crippen LogP contribution in [0.3, 0.4) is 0 Å². The van der Waals surface area contributed by atoms with Crippen LogP contribution in [0.1, 0.15) is 17.5 Å². The van der Waals surface area contributed by atoms with E-state index < -0.39 is 18.2 Å². The summed E-state index contributed by atoms with van der Waals surface area (Å²) >= 11 is 6.01. The van der Waals surface area contributed by atoms with Crippen molar-refractivity contribution in [1.82, 2.24) is 0 Å². The average molecular weight is 362 g/mol. The van der Waals surface area contributed by atoms with Gasteiger partial charge in [0, 0.05) is 16.3 Å². The molecule has 0 aliphatic carbocycles. The first-order valence-corrected chi connectivity index (χ1v) is 8.10. The van der Waals surface area contributed by atoms with Crippen LogP contribution in [0.15, 0.2) is 42.5 Å². The fourth-order valence-corrected chi connectivity index (χ4v) is 2.74. The van der Waals surface area contributed by atoms with E-state index in [1.807, 2.05) is 6.07 Å². The van der Waals surface area contributed by atoms with E-state index in [1.165, 1.54) is 0 Å². The topological polar surface area (TPSA) is 84.9 Å². The maximum absolute atomic E-state index is 11.9. The van der Waals surface area contributed by atoms with Gasteiger partial charge in [0.15, 0.2) is 6.10 Å². The summed E-state index contributed by atoms with van der Waals surface area (Å²) in [4.78, 5) is 22.9. The number of benzene rings is 2. The third-order valence-electron chi connectivity index (χ3n) is 3.84. The Morgan fingerprint density at radius 3 is 2.84 bits per heavy atom. The number of nitrogens with one attached hydrogen (secondary N) is 1. The molecule has 0 bridgehead atoms. The Labute approximate surface area is 149 Å². The van der Waals surface area contributed by atoms with Crippen molar-refractivity contribution in [3.05, 3.63) is 58.6 Å².